The molecule has 0 spiro atoms. The maximum atomic E-state index is 13.2. The molecule has 0 radical (unpaired) electrons. The van der Waals surface area contributed by atoms with Crippen LogP contribution >= 0.6 is 0 Å². The van der Waals surface area contributed by atoms with Crippen molar-refractivity contribution >= 4 is 22.0 Å². The highest BCUT2D eigenvalue weighted by Gasteiger charge is 2.36. The largest absolute Gasteiger partial charge is 0.495 e. The van der Waals surface area contributed by atoms with Crippen molar-refractivity contribution in [2.24, 2.45) is 0 Å². The first-order valence-corrected chi connectivity index (χ1v) is 12.6. The smallest absolute Gasteiger partial charge is 0.247 e. The topological polar surface area (TPSA) is 80.1 Å². The number of rotatable bonds is 8. The van der Waals surface area contributed by atoms with Gasteiger partial charge >= 0.3 is 0 Å². The van der Waals surface area contributed by atoms with Crippen LogP contribution < -0.4 is 4.74 Å². The predicted molar refractivity (Wildman–Crippen MR) is 122 cm³/mol. The fraction of sp³-hybridized carbons (Fsp3) is 0.458. The molecule has 32 heavy (non-hydrogen) atoms. The van der Waals surface area contributed by atoms with Gasteiger partial charge in [-0.3, -0.25) is 4.79 Å². The number of sulfonamides is 1. The van der Waals surface area contributed by atoms with E-state index in [0.29, 0.717) is 24.4 Å². The van der Waals surface area contributed by atoms with Crippen LogP contribution in [0.1, 0.15) is 56.4 Å². The molecule has 4 rings (SSSR count). The lowest BCUT2D eigenvalue weighted by atomic mass is 10.1. The number of carbonyl (C=O) groups is 1. The molecule has 0 N–H and O–H groups in total. The summed E-state index contributed by atoms with van der Waals surface area (Å²) in [5.41, 5.74) is 0.635. The van der Waals surface area contributed by atoms with E-state index < -0.39 is 10.0 Å². The summed E-state index contributed by atoms with van der Waals surface area (Å²) in [5.74, 6) is 0.941. The van der Waals surface area contributed by atoms with Crippen molar-refractivity contribution in [3.63, 3.8) is 0 Å². The van der Waals surface area contributed by atoms with Gasteiger partial charge in [-0.05, 0) is 68.5 Å². The molecule has 1 aromatic carbocycles. The lowest BCUT2D eigenvalue weighted by molar-refractivity contribution is -0.129. The third-order valence-electron chi connectivity index (χ3n) is 6.11. The number of carbonyl (C=O) groups excluding carboxylic acids is 1. The van der Waals surface area contributed by atoms with Gasteiger partial charge in [0.15, 0.2) is 0 Å². The number of hydrogen-bond donors (Lipinski definition) is 0. The van der Waals surface area contributed by atoms with Gasteiger partial charge in [-0.1, -0.05) is 12.5 Å². The van der Waals surface area contributed by atoms with E-state index in [2.05, 4.69) is 0 Å². The number of benzene rings is 1. The summed E-state index contributed by atoms with van der Waals surface area (Å²) in [5, 5.41) is 0. The Morgan fingerprint density at radius 2 is 1.97 bits per heavy atom. The highest BCUT2D eigenvalue weighted by molar-refractivity contribution is 7.89. The van der Waals surface area contributed by atoms with Crippen LogP contribution in [-0.4, -0.2) is 49.8 Å². The van der Waals surface area contributed by atoms with Gasteiger partial charge in [0.05, 0.1) is 19.4 Å². The van der Waals surface area contributed by atoms with E-state index in [1.165, 1.54) is 17.5 Å². The molecule has 2 heterocycles. The Bertz CT molecular complexity index is 1070. The molecule has 1 aliphatic heterocycles. The predicted octanol–water partition coefficient (Wildman–Crippen LogP) is 4.23. The monoisotopic (exact) mass is 458 g/mol. The molecule has 2 aliphatic rings. The van der Waals surface area contributed by atoms with Gasteiger partial charge in [0, 0.05) is 25.2 Å². The minimum absolute atomic E-state index is 0.118. The normalized spacial score (nSPS) is 18.6. The van der Waals surface area contributed by atoms with Gasteiger partial charge < -0.3 is 14.1 Å². The molecule has 1 unspecified atom stereocenters. The molecule has 2 fully saturated rings. The first-order valence-electron chi connectivity index (χ1n) is 11.1. The number of ether oxygens (including phenoxy) is 1. The Balaban J connectivity index is 1.57. The Labute approximate surface area is 189 Å². The highest BCUT2D eigenvalue weighted by atomic mass is 32.2. The van der Waals surface area contributed by atoms with Gasteiger partial charge in [0.25, 0.3) is 0 Å². The number of nitrogens with zero attached hydrogens (tertiary/aromatic N) is 2. The van der Waals surface area contributed by atoms with Crippen molar-refractivity contribution in [1.29, 1.82) is 0 Å². The van der Waals surface area contributed by atoms with E-state index in [9.17, 15) is 13.2 Å². The zero-order valence-electron chi connectivity index (χ0n) is 18.6. The average Bonchev–Trinajstić information content (AvgIpc) is 3.48. The minimum Gasteiger partial charge on any atom is -0.495 e. The van der Waals surface area contributed by atoms with Crippen molar-refractivity contribution in [1.82, 2.24) is 9.21 Å². The minimum atomic E-state index is -3.66. The third kappa shape index (κ3) is 4.76. The second-order valence-electron chi connectivity index (χ2n) is 8.38. The van der Waals surface area contributed by atoms with Gasteiger partial charge in [-0.2, -0.15) is 4.31 Å². The van der Waals surface area contributed by atoms with E-state index in [1.807, 2.05) is 24.0 Å². The Hall–Kier alpha value is -2.58. The fourth-order valence-electron chi connectivity index (χ4n) is 4.20. The van der Waals surface area contributed by atoms with Crippen LogP contribution in [0, 0.1) is 0 Å². The van der Waals surface area contributed by atoms with E-state index >= 15 is 0 Å². The highest BCUT2D eigenvalue weighted by Crippen LogP contribution is 2.35. The van der Waals surface area contributed by atoms with E-state index in [-0.39, 0.29) is 22.9 Å². The van der Waals surface area contributed by atoms with Crippen LogP contribution in [0.2, 0.25) is 0 Å². The molecule has 1 aliphatic carbocycles. The van der Waals surface area contributed by atoms with Gasteiger partial charge in [-0.15, -0.1) is 0 Å². The van der Waals surface area contributed by atoms with Crippen LogP contribution in [0.4, 0.5) is 0 Å². The van der Waals surface area contributed by atoms with Gasteiger partial charge in [0.1, 0.15) is 16.4 Å². The second kappa shape index (κ2) is 9.50. The SMILES string of the molecule is COc1ccc(/C=C/C(=O)N(C2CC2)C(C)c2ccco2)cc1S(=O)(=O)N1CCCCC1. The molecule has 1 atom stereocenters. The van der Waals surface area contributed by atoms with Crippen molar-refractivity contribution in [3.8, 4) is 5.75 Å². The second-order valence-corrected chi connectivity index (χ2v) is 10.3. The summed E-state index contributed by atoms with van der Waals surface area (Å²) >= 11 is 0. The first-order chi connectivity index (χ1) is 15.4. The number of hydrogen-bond acceptors (Lipinski definition) is 5. The molecule has 1 saturated heterocycles. The van der Waals surface area contributed by atoms with Crippen molar-refractivity contribution in [2.75, 3.05) is 20.2 Å². The zero-order valence-corrected chi connectivity index (χ0v) is 19.4. The Morgan fingerprint density at radius 1 is 1.22 bits per heavy atom. The van der Waals surface area contributed by atoms with Crippen LogP contribution in [0.25, 0.3) is 6.08 Å². The number of methoxy groups -OCH3 is 1. The maximum Gasteiger partial charge on any atom is 0.247 e. The van der Waals surface area contributed by atoms with Crippen molar-refractivity contribution < 1.29 is 22.4 Å². The lowest BCUT2D eigenvalue weighted by Crippen LogP contribution is -2.35. The number of piperidine rings is 1. The molecular formula is C24H30N2O5S. The first kappa shape index (κ1) is 22.6. The van der Waals surface area contributed by atoms with E-state index in [1.54, 1.807) is 30.5 Å². The van der Waals surface area contributed by atoms with Crippen LogP contribution in [0.3, 0.4) is 0 Å². The quantitative estimate of drug-likeness (QED) is 0.553. The molecular weight excluding hydrogens is 428 g/mol. The summed E-state index contributed by atoms with van der Waals surface area (Å²) in [6.07, 6.45) is 9.51. The van der Waals surface area contributed by atoms with Crippen LogP contribution in [0.5, 0.6) is 5.75 Å². The van der Waals surface area contributed by atoms with Gasteiger partial charge in [0.2, 0.25) is 15.9 Å². The van der Waals surface area contributed by atoms with E-state index in [0.717, 1.165) is 37.9 Å². The summed E-state index contributed by atoms with van der Waals surface area (Å²) in [7, 11) is -2.20. The van der Waals surface area contributed by atoms with Crippen LogP contribution in [-0.2, 0) is 14.8 Å². The third-order valence-corrected chi connectivity index (χ3v) is 8.03. The average molecular weight is 459 g/mol. The van der Waals surface area contributed by atoms with Crippen molar-refractivity contribution in [3.05, 3.63) is 54.0 Å². The molecule has 172 valence electrons. The number of amides is 1. The summed E-state index contributed by atoms with van der Waals surface area (Å²) in [4.78, 5) is 15.0. The molecule has 1 amide bonds. The fourth-order valence-corrected chi connectivity index (χ4v) is 5.91. The molecule has 2 aromatic rings. The summed E-state index contributed by atoms with van der Waals surface area (Å²) in [6.45, 7) is 3.00. The van der Waals surface area contributed by atoms with E-state index in [4.69, 9.17) is 9.15 Å². The molecule has 0 bridgehead atoms. The molecule has 1 aromatic heterocycles. The lowest BCUT2D eigenvalue weighted by Gasteiger charge is -2.27. The zero-order chi connectivity index (χ0) is 22.7. The maximum absolute atomic E-state index is 13.2. The molecule has 1 saturated carbocycles. The summed E-state index contributed by atoms with van der Waals surface area (Å²) < 4.78 is 38.8. The van der Waals surface area contributed by atoms with Gasteiger partial charge in [-0.25, -0.2) is 8.42 Å². The standard InChI is InChI=1S/C24H30N2O5S/c1-18(21-7-6-16-31-21)26(20-10-11-20)24(27)13-9-19-8-12-22(30-2)23(17-19)32(28,29)25-14-4-3-5-15-25/h6-9,12-13,16-18,20H,3-5,10-11,14-15H2,1-2H3/b13-9+. The Kier molecular flexibility index (Phi) is 6.71. The number of furan rings is 1. The van der Waals surface area contributed by atoms with Crippen molar-refractivity contribution in [2.45, 2.75) is 56.0 Å². The van der Waals surface area contributed by atoms with Crippen LogP contribution in [0.15, 0.2) is 52.0 Å². The Morgan fingerprint density at radius 3 is 2.59 bits per heavy atom. The molecule has 8 heteroatoms. The molecule has 7 nitrogen and oxygen atoms in total. The summed E-state index contributed by atoms with van der Waals surface area (Å²) in [6, 6.07) is 8.72.